The molecule has 0 bridgehead atoms. The van der Waals surface area contributed by atoms with Gasteiger partial charge in [-0.25, -0.2) is 9.79 Å². The van der Waals surface area contributed by atoms with Crippen LogP contribution in [0.15, 0.2) is 64.9 Å². The molecule has 2 heterocycles. The van der Waals surface area contributed by atoms with E-state index in [1.807, 2.05) is 35.4 Å². The number of benzene rings is 2. The summed E-state index contributed by atoms with van der Waals surface area (Å²) in [5, 5.41) is 11.6. The Morgan fingerprint density at radius 3 is 2.29 bits per heavy atom. The molecule has 0 amide bonds. The first-order valence-corrected chi connectivity index (χ1v) is 10.3. The number of thioether (sulfide) groups is 1. The van der Waals surface area contributed by atoms with E-state index in [1.165, 1.54) is 11.8 Å². The highest BCUT2D eigenvalue weighted by Gasteiger charge is 2.39. The van der Waals surface area contributed by atoms with E-state index in [-0.39, 0.29) is 30.4 Å². The smallest absolute Gasteiger partial charge is 0.335 e. The maximum absolute atomic E-state index is 12.1. The minimum atomic E-state index is -1.01. The molecule has 0 spiro atoms. The van der Waals surface area contributed by atoms with Crippen LogP contribution in [0.1, 0.15) is 24.1 Å². The van der Waals surface area contributed by atoms with E-state index < -0.39 is 12.0 Å². The fourth-order valence-electron chi connectivity index (χ4n) is 3.40. The average Bonchev–Trinajstić information content (AvgIpc) is 3.09. The second-order valence-electron chi connectivity index (χ2n) is 6.47. The van der Waals surface area contributed by atoms with Gasteiger partial charge in [-0.1, -0.05) is 41.4 Å². The molecule has 0 fully saturated rings. The lowest BCUT2D eigenvalue weighted by atomic mass is 9.95. The van der Waals surface area contributed by atoms with Gasteiger partial charge in [-0.15, -0.1) is 24.8 Å². The molecule has 1 N–H and O–H groups in total. The molecule has 0 radical (unpaired) electrons. The van der Waals surface area contributed by atoms with Gasteiger partial charge in [0.25, 0.3) is 0 Å². The van der Waals surface area contributed by atoms with E-state index in [2.05, 4.69) is 4.99 Å². The summed E-state index contributed by atoms with van der Waals surface area (Å²) < 4.78 is 5.23. The first-order chi connectivity index (χ1) is 13.9. The number of amidine groups is 1. The van der Waals surface area contributed by atoms with Crippen LogP contribution in [0.4, 0.5) is 0 Å². The third-order valence-corrected chi connectivity index (χ3v) is 6.40. The average molecular weight is 520 g/mol. The quantitative estimate of drug-likeness (QED) is 0.489. The van der Waals surface area contributed by atoms with Crippen molar-refractivity contribution in [3.63, 3.8) is 0 Å². The Kier molecular flexibility index (Phi) is 8.36. The summed E-state index contributed by atoms with van der Waals surface area (Å²) in [6.07, 6.45) is 1.86. The second-order valence-corrected chi connectivity index (χ2v) is 8.30. The Morgan fingerprint density at radius 2 is 1.74 bits per heavy atom. The number of aliphatic carboxylic acids is 1. The van der Waals surface area contributed by atoms with Gasteiger partial charge in [0.1, 0.15) is 5.75 Å². The Hall–Kier alpha value is -1.83. The van der Waals surface area contributed by atoms with E-state index in [1.54, 1.807) is 32.2 Å². The van der Waals surface area contributed by atoms with Crippen LogP contribution >= 0.6 is 59.8 Å². The molecular weight excluding hydrogens is 502 g/mol. The number of nitrogens with zero attached hydrogens (tertiary/aromatic N) is 2. The number of carboxylic acid groups (broad SMARTS) is 1. The Morgan fingerprint density at radius 1 is 1.13 bits per heavy atom. The molecule has 0 aliphatic carbocycles. The summed E-state index contributed by atoms with van der Waals surface area (Å²) in [5.74, 6) is -0.306. The van der Waals surface area contributed by atoms with Crippen molar-refractivity contribution in [2.45, 2.75) is 13.0 Å². The van der Waals surface area contributed by atoms with Gasteiger partial charge in [-0.05, 0) is 48.5 Å². The lowest BCUT2D eigenvalue weighted by Crippen LogP contribution is -2.33. The van der Waals surface area contributed by atoms with Crippen molar-refractivity contribution in [3.05, 3.63) is 81.1 Å². The van der Waals surface area contributed by atoms with E-state index >= 15 is 0 Å². The fraction of sp³-hybridized carbons (Fsp3) is 0.143. The van der Waals surface area contributed by atoms with Crippen molar-refractivity contribution in [2.24, 2.45) is 4.99 Å². The summed E-state index contributed by atoms with van der Waals surface area (Å²) in [7, 11) is 1.59. The molecule has 0 saturated heterocycles. The number of rotatable bonds is 4. The predicted molar refractivity (Wildman–Crippen MR) is 132 cm³/mol. The van der Waals surface area contributed by atoms with Crippen LogP contribution in [0.3, 0.4) is 0 Å². The lowest BCUT2D eigenvalue weighted by Gasteiger charge is -2.32. The summed E-state index contributed by atoms with van der Waals surface area (Å²) in [5.41, 5.74) is 2.22. The maximum Gasteiger partial charge on any atom is 0.335 e. The van der Waals surface area contributed by atoms with Crippen molar-refractivity contribution < 1.29 is 14.6 Å². The van der Waals surface area contributed by atoms with E-state index in [0.29, 0.717) is 32.2 Å². The predicted octanol–water partition coefficient (Wildman–Crippen LogP) is 6.66. The second kappa shape index (κ2) is 10.2. The third kappa shape index (κ3) is 4.69. The van der Waals surface area contributed by atoms with Gasteiger partial charge in [0.2, 0.25) is 0 Å². The van der Waals surface area contributed by atoms with Gasteiger partial charge in [-0.2, -0.15) is 0 Å². The molecule has 2 aromatic carbocycles. The third-order valence-electron chi connectivity index (χ3n) is 4.75. The Labute approximate surface area is 206 Å². The molecule has 0 unspecified atom stereocenters. The van der Waals surface area contributed by atoms with Crippen molar-refractivity contribution in [1.29, 1.82) is 0 Å². The Balaban J connectivity index is 0.00000171. The van der Waals surface area contributed by atoms with Crippen LogP contribution in [0.25, 0.3) is 4.91 Å². The first-order valence-electron chi connectivity index (χ1n) is 8.69. The monoisotopic (exact) mass is 518 g/mol. The number of carboxylic acids is 1. The molecule has 164 valence electrons. The summed E-state index contributed by atoms with van der Waals surface area (Å²) in [6, 6.07) is 12.2. The molecule has 4 rings (SSSR count). The van der Waals surface area contributed by atoms with Crippen molar-refractivity contribution in [2.75, 3.05) is 7.11 Å². The van der Waals surface area contributed by atoms with E-state index in [9.17, 15) is 9.90 Å². The summed E-state index contributed by atoms with van der Waals surface area (Å²) in [4.78, 5) is 19.3. The minimum Gasteiger partial charge on any atom is -0.497 e. The van der Waals surface area contributed by atoms with Crippen molar-refractivity contribution in [3.8, 4) is 5.75 Å². The number of methoxy groups -OCH3 is 1. The molecule has 5 nitrogen and oxygen atoms in total. The molecular formula is C21H18Cl4N2O3S. The molecule has 2 aliphatic rings. The number of hydrogen-bond acceptors (Lipinski definition) is 5. The van der Waals surface area contributed by atoms with Crippen LogP contribution in [0.5, 0.6) is 5.75 Å². The summed E-state index contributed by atoms with van der Waals surface area (Å²) in [6.45, 7) is 1.71. The zero-order valence-corrected chi connectivity index (χ0v) is 20.3. The number of aliphatic imine (C=N–C) groups is 1. The van der Waals surface area contributed by atoms with E-state index in [0.717, 1.165) is 10.5 Å². The number of ether oxygens (including phenoxy) is 1. The zero-order chi connectivity index (χ0) is 20.7. The summed E-state index contributed by atoms with van der Waals surface area (Å²) >= 11 is 14.2. The molecule has 2 aromatic rings. The number of halogens is 4. The standard InChI is InChI=1S/C21H16Cl2N2O3S.2ClH/c1-11-17(20(26)27)19(12-6-8-13(28-2)9-7-12)25-10-16(29-21(25)24-11)18-14(22)4-3-5-15(18)23;;/h3-10,19H,1-2H3,(H,26,27);2*1H/t19-;;/m0../s1. The van der Waals surface area contributed by atoms with Crippen molar-refractivity contribution in [1.82, 2.24) is 4.90 Å². The van der Waals surface area contributed by atoms with E-state index in [4.69, 9.17) is 27.9 Å². The largest absolute Gasteiger partial charge is 0.497 e. The normalized spacial score (nSPS) is 17.2. The number of hydrogen-bond donors (Lipinski definition) is 1. The molecule has 0 aromatic heterocycles. The topological polar surface area (TPSA) is 62.1 Å². The zero-order valence-electron chi connectivity index (χ0n) is 16.3. The molecule has 0 saturated carbocycles. The molecule has 1 atom stereocenters. The van der Waals surface area contributed by atoms with Gasteiger partial charge in [0, 0.05) is 16.7 Å². The van der Waals surface area contributed by atoms with Crippen LogP contribution < -0.4 is 4.74 Å². The van der Waals surface area contributed by atoms with Gasteiger partial charge in [0.05, 0.1) is 34.5 Å². The van der Waals surface area contributed by atoms with Gasteiger partial charge < -0.3 is 14.7 Å². The highest BCUT2D eigenvalue weighted by atomic mass is 35.5. The highest BCUT2D eigenvalue weighted by molar-refractivity contribution is 8.22. The minimum absolute atomic E-state index is 0. The molecule has 31 heavy (non-hydrogen) atoms. The number of allylic oxidation sites excluding steroid dienone is 1. The Bertz CT molecular complexity index is 1080. The van der Waals surface area contributed by atoms with Crippen molar-refractivity contribution >= 4 is 75.8 Å². The maximum atomic E-state index is 12.1. The number of carbonyl (C=O) groups is 1. The fourth-order valence-corrected chi connectivity index (χ4v) is 5.24. The van der Waals surface area contributed by atoms with Gasteiger partial charge >= 0.3 is 5.97 Å². The first kappa shape index (κ1) is 25.4. The molecule has 10 heteroatoms. The van der Waals surface area contributed by atoms with Crippen LogP contribution in [-0.2, 0) is 4.79 Å². The van der Waals surface area contributed by atoms with Crippen LogP contribution in [-0.4, -0.2) is 28.3 Å². The van der Waals surface area contributed by atoms with Gasteiger partial charge in [0.15, 0.2) is 5.17 Å². The lowest BCUT2D eigenvalue weighted by molar-refractivity contribution is -0.133. The van der Waals surface area contributed by atoms with Gasteiger partial charge in [-0.3, -0.25) is 0 Å². The number of fused-ring (bicyclic) bond motifs is 1. The molecule has 2 aliphatic heterocycles. The SMILES string of the molecule is COc1ccc([C@H]2C(C(=O)O)=C(C)N=C3SC(c4c(Cl)cccc4Cl)=CN32)cc1.Cl.Cl. The van der Waals surface area contributed by atoms with Crippen LogP contribution in [0.2, 0.25) is 10.0 Å². The highest BCUT2D eigenvalue weighted by Crippen LogP contribution is 2.48. The van der Waals surface area contributed by atoms with Crippen LogP contribution in [0, 0.1) is 0 Å².